The van der Waals surface area contributed by atoms with E-state index in [2.05, 4.69) is 20.2 Å². The van der Waals surface area contributed by atoms with E-state index in [-0.39, 0.29) is 11.9 Å². The molecule has 1 fully saturated rings. The van der Waals surface area contributed by atoms with Gasteiger partial charge in [0.1, 0.15) is 0 Å². The average molecular weight is 333 g/mol. The molecule has 4 heterocycles. The van der Waals surface area contributed by atoms with Crippen molar-refractivity contribution in [3.8, 4) is 11.1 Å². The maximum Gasteiger partial charge on any atom is 0.254 e. The molecule has 0 spiro atoms. The van der Waals surface area contributed by atoms with Crippen LogP contribution in [0.3, 0.4) is 0 Å². The molecule has 0 saturated carbocycles. The Balaban J connectivity index is 1.70. The van der Waals surface area contributed by atoms with Crippen molar-refractivity contribution in [2.75, 3.05) is 6.54 Å². The van der Waals surface area contributed by atoms with Crippen molar-refractivity contribution in [1.29, 1.82) is 0 Å². The zero-order valence-electron chi connectivity index (χ0n) is 14.0. The second-order valence-electron chi connectivity index (χ2n) is 6.28. The summed E-state index contributed by atoms with van der Waals surface area (Å²) in [7, 11) is 0. The molecule has 3 aromatic rings. The Kier molecular flexibility index (Phi) is 4.01. The lowest BCUT2D eigenvalue weighted by atomic mass is 9.98. The second-order valence-corrected chi connectivity index (χ2v) is 6.28. The Bertz CT molecular complexity index is 890. The normalized spacial score (nSPS) is 17.0. The van der Waals surface area contributed by atoms with Gasteiger partial charge in [0.25, 0.3) is 5.91 Å². The summed E-state index contributed by atoms with van der Waals surface area (Å²) >= 11 is 0. The van der Waals surface area contributed by atoms with E-state index < -0.39 is 0 Å². The summed E-state index contributed by atoms with van der Waals surface area (Å²) in [6.07, 6.45) is 10.7. The number of carbonyl (C=O) groups is 1. The van der Waals surface area contributed by atoms with Gasteiger partial charge in [-0.1, -0.05) is 0 Å². The fourth-order valence-electron chi connectivity index (χ4n) is 3.51. The fraction of sp³-hybridized carbons (Fsp3) is 0.263. The summed E-state index contributed by atoms with van der Waals surface area (Å²) in [6.45, 7) is 2.78. The topological polar surface area (TPSA) is 74.8 Å². The van der Waals surface area contributed by atoms with E-state index in [4.69, 9.17) is 0 Å². The SMILES string of the molecule is Cc1cnccc1-c1cn[nH]c1[C@@H]1CCCN1C(=O)c1ccncc1. The summed E-state index contributed by atoms with van der Waals surface area (Å²) < 4.78 is 0. The molecule has 126 valence electrons. The van der Waals surface area contributed by atoms with Gasteiger partial charge in [-0.25, -0.2) is 0 Å². The molecule has 0 radical (unpaired) electrons. The van der Waals surface area contributed by atoms with E-state index in [9.17, 15) is 4.79 Å². The maximum absolute atomic E-state index is 12.9. The van der Waals surface area contributed by atoms with E-state index in [1.807, 2.05) is 30.3 Å². The molecule has 25 heavy (non-hydrogen) atoms. The number of likely N-dealkylation sites (tertiary alicyclic amines) is 1. The number of nitrogens with zero attached hydrogens (tertiary/aromatic N) is 4. The molecule has 3 aromatic heterocycles. The number of aromatic amines is 1. The highest BCUT2D eigenvalue weighted by Gasteiger charge is 2.33. The van der Waals surface area contributed by atoms with Crippen LogP contribution in [0.4, 0.5) is 0 Å². The quantitative estimate of drug-likeness (QED) is 0.799. The molecule has 1 atom stereocenters. The van der Waals surface area contributed by atoms with Crippen LogP contribution in [0.5, 0.6) is 0 Å². The monoisotopic (exact) mass is 333 g/mol. The summed E-state index contributed by atoms with van der Waals surface area (Å²) in [4.78, 5) is 23.0. The van der Waals surface area contributed by atoms with Gasteiger partial charge >= 0.3 is 0 Å². The van der Waals surface area contributed by atoms with Gasteiger partial charge in [-0.05, 0) is 49.1 Å². The highest BCUT2D eigenvalue weighted by Crippen LogP contribution is 2.37. The number of carbonyl (C=O) groups excluding carboxylic acids is 1. The van der Waals surface area contributed by atoms with Crippen LogP contribution in [0, 0.1) is 6.92 Å². The molecule has 4 rings (SSSR count). The van der Waals surface area contributed by atoms with Crippen molar-refractivity contribution < 1.29 is 4.79 Å². The Morgan fingerprint density at radius 1 is 1.12 bits per heavy atom. The molecular weight excluding hydrogens is 314 g/mol. The molecular formula is C19H19N5O. The standard InChI is InChI=1S/C19H19N5O/c1-13-11-21-9-6-15(13)16-12-22-23-18(16)17-3-2-10-24(17)19(25)14-4-7-20-8-5-14/h4-9,11-12,17H,2-3,10H2,1H3,(H,22,23)/t17-/m0/s1. The molecule has 0 bridgehead atoms. The van der Waals surface area contributed by atoms with E-state index in [1.165, 1.54) is 0 Å². The smallest absolute Gasteiger partial charge is 0.254 e. The van der Waals surface area contributed by atoms with Crippen molar-refractivity contribution in [2.45, 2.75) is 25.8 Å². The summed E-state index contributed by atoms with van der Waals surface area (Å²) in [5.41, 5.74) is 4.90. The first-order chi connectivity index (χ1) is 12.3. The third-order valence-corrected chi connectivity index (χ3v) is 4.75. The molecule has 1 aliphatic rings. The number of H-pyrrole nitrogens is 1. The van der Waals surface area contributed by atoms with E-state index in [0.717, 1.165) is 41.8 Å². The minimum Gasteiger partial charge on any atom is -0.330 e. The predicted molar refractivity (Wildman–Crippen MR) is 93.8 cm³/mol. The van der Waals surface area contributed by atoms with Crippen LogP contribution in [0.1, 0.15) is 40.5 Å². The van der Waals surface area contributed by atoms with Gasteiger partial charge in [-0.15, -0.1) is 0 Å². The number of pyridine rings is 2. The Hall–Kier alpha value is -3.02. The lowest BCUT2D eigenvalue weighted by Crippen LogP contribution is -2.31. The molecule has 1 amide bonds. The van der Waals surface area contributed by atoms with Crippen molar-refractivity contribution in [3.05, 3.63) is 66.0 Å². The zero-order valence-corrected chi connectivity index (χ0v) is 14.0. The van der Waals surface area contributed by atoms with Gasteiger partial charge in [0.05, 0.1) is 17.9 Å². The number of rotatable bonds is 3. The number of amides is 1. The molecule has 0 aliphatic carbocycles. The molecule has 6 nitrogen and oxygen atoms in total. The highest BCUT2D eigenvalue weighted by atomic mass is 16.2. The van der Waals surface area contributed by atoms with E-state index in [1.54, 1.807) is 30.7 Å². The second kappa shape index (κ2) is 6.47. The van der Waals surface area contributed by atoms with Gasteiger partial charge in [-0.3, -0.25) is 19.9 Å². The number of aryl methyl sites for hydroxylation is 1. The molecule has 1 aliphatic heterocycles. The minimum absolute atomic E-state index is 0.00531. The third-order valence-electron chi connectivity index (χ3n) is 4.75. The lowest BCUT2D eigenvalue weighted by molar-refractivity contribution is 0.0733. The van der Waals surface area contributed by atoms with Crippen LogP contribution < -0.4 is 0 Å². The Morgan fingerprint density at radius 2 is 1.92 bits per heavy atom. The summed E-state index contributed by atoms with van der Waals surface area (Å²) in [6, 6.07) is 5.52. The van der Waals surface area contributed by atoms with Crippen molar-refractivity contribution >= 4 is 5.91 Å². The van der Waals surface area contributed by atoms with Crippen LogP contribution in [0.15, 0.2) is 49.2 Å². The predicted octanol–water partition coefficient (Wildman–Crippen LogP) is 3.15. The molecule has 1 N–H and O–H groups in total. The number of hydrogen-bond donors (Lipinski definition) is 1. The molecule has 0 unspecified atom stereocenters. The van der Waals surface area contributed by atoms with Gasteiger partial charge < -0.3 is 4.90 Å². The first-order valence-corrected chi connectivity index (χ1v) is 8.41. The van der Waals surface area contributed by atoms with E-state index in [0.29, 0.717) is 5.56 Å². The van der Waals surface area contributed by atoms with Gasteiger partial charge in [-0.2, -0.15) is 5.10 Å². The Morgan fingerprint density at radius 3 is 2.72 bits per heavy atom. The zero-order chi connectivity index (χ0) is 17.2. The first kappa shape index (κ1) is 15.5. The first-order valence-electron chi connectivity index (χ1n) is 8.41. The molecule has 1 saturated heterocycles. The van der Waals surface area contributed by atoms with Crippen LogP contribution in [-0.4, -0.2) is 37.5 Å². The number of hydrogen-bond acceptors (Lipinski definition) is 4. The maximum atomic E-state index is 12.9. The largest absolute Gasteiger partial charge is 0.330 e. The number of nitrogens with one attached hydrogen (secondary N) is 1. The average Bonchev–Trinajstić information content (AvgIpc) is 3.31. The van der Waals surface area contributed by atoms with Gasteiger partial charge in [0.15, 0.2) is 0 Å². The Labute approximate surface area is 145 Å². The van der Waals surface area contributed by atoms with Crippen LogP contribution in [-0.2, 0) is 0 Å². The van der Waals surface area contributed by atoms with Crippen LogP contribution in [0.25, 0.3) is 11.1 Å². The van der Waals surface area contributed by atoms with Crippen LogP contribution >= 0.6 is 0 Å². The summed E-state index contributed by atoms with van der Waals surface area (Å²) in [5, 5.41) is 7.39. The third kappa shape index (κ3) is 2.80. The van der Waals surface area contributed by atoms with Crippen molar-refractivity contribution in [1.82, 2.24) is 25.1 Å². The number of aromatic nitrogens is 4. The fourth-order valence-corrected chi connectivity index (χ4v) is 3.51. The van der Waals surface area contributed by atoms with Gasteiger partial charge in [0, 0.05) is 42.5 Å². The van der Waals surface area contributed by atoms with Crippen molar-refractivity contribution in [2.24, 2.45) is 0 Å². The van der Waals surface area contributed by atoms with Crippen molar-refractivity contribution in [3.63, 3.8) is 0 Å². The minimum atomic E-state index is 0.00531. The molecule has 0 aromatic carbocycles. The summed E-state index contributed by atoms with van der Waals surface area (Å²) in [5.74, 6) is 0.0388. The van der Waals surface area contributed by atoms with Crippen LogP contribution in [0.2, 0.25) is 0 Å². The highest BCUT2D eigenvalue weighted by molar-refractivity contribution is 5.94. The molecule has 6 heteroatoms. The van der Waals surface area contributed by atoms with Gasteiger partial charge in [0.2, 0.25) is 0 Å². The van der Waals surface area contributed by atoms with E-state index >= 15 is 0 Å². The lowest BCUT2D eigenvalue weighted by Gasteiger charge is -2.25.